The summed E-state index contributed by atoms with van der Waals surface area (Å²) in [5.74, 6) is 1.92. The number of halogens is 1. The zero-order valence-electron chi connectivity index (χ0n) is 17.4. The predicted octanol–water partition coefficient (Wildman–Crippen LogP) is 5.05. The van der Waals surface area contributed by atoms with Crippen molar-refractivity contribution in [3.05, 3.63) is 52.5 Å². The summed E-state index contributed by atoms with van der Waals surface area (Å²) in [5.41, 5.74) is 2.02. The van der Waals surface area contributed by atoms with E-state index in [2.05, 4.69) is 6.92 Å². The molecule has 0 aliphatic heterocycles. The molecule has 1 amide bonds. The Morgan fingerprint density at radius 3 is 2.24 bits per heavy atom. The van der Waals surface area contributed by atoms with Crippen LogP contribution in [-0.4, -0.2) is 38.2 Å². The van der Waals surface area contributed by atoms with Crippen LogP contribution in [-0.2, 0) is 11.2 Å². The van der Waals surface area contributed by atoms with Gasteiger partial charge >= 0.3 is 0 Å². The van der Waals surface area contributed by atoms with E-state index >= 15 is 0 Å². The van der Waals surface area contributed by atoms with Crippen molar-refractivity contribution in [2.24, 2.45) is 0 Å². The maximum Gasteiger partial charge on any atom is 0.223 e. The van der Waals surface area contributed by atoms with Crippen LogP contribution in [0, 0.1) is 0 Å². The van der Waals surface area contributed by atoms with Crippen LogP contribution >= 0.6 is 11.6 Å². The van der Waals surface area contributed by atoms with Gasteiger partial charge in [-0.2, -0.15) is 0 Å². The van der Waals surface area contributed by atoms with Gasteiger partial charge in [0, 0.05) is 17.5 Å². The van der Waals surface area contributed by atoms with Crippen molar-refractivity contribution < 1.29 is 19.0 Å². The molecular formula is C23H28ClNO4. The number of carbonyl (C=O) groups excluding carboxylic acids is 1. The molecule has 1 fully saturated rings. The highest BCUT2D eigenvalue weighted by Crippen LogP contribution is 2.41. The van der Waals surface area contributed by atoms with Gasteiger partial charge in [0.2, 0.25) is 11.7 Å². The maximum atomic E-state index is 13.2. The van der Waals surface area contributed by atoms with Gasteiger partial charge in [0.05, 0.1) is 27.4 Å². The topological polar surface area (TPSA) is 48.0 Å². The van der Waals surface area contributed by atoms with E-state index in [1.165, 1.54) is 0 Å². The first kappa shape index (κ1) is 21.3. The predicted molar refractivity (Wildman–Crippen MR) is 114 cm³/mol. The van der Waals surface area contributed by atoms with Gasteiger partial charge in [0.25, 0.3) is 0 Å². The first-order valence-corrected chi connectivity index (χ1v) is 10.2. The van der Waals surface area contributed by atoms with Gasteiger partial charge in [-0.1, -0.05) is 29.8 Å². The molecule has 0 radical (unpaired) electrons. The molecule has 0 bridgehead atoms. The second-order valence-electron chi connectivity index (χ2n) is 7.25. The SMILES string of the molecule is COc1ccc(CCC(=O)N(C2CC2)C(C)c2ccc(Cl)cc2)c(OC)c1OC. The number of carbonyl (C=O) groups is 1. The molecule has 0 saturated heterocycles. The number of ether oxygens (including phenoxy) is 3. The Morgan fingerprint density at radius 2 is 1.69 bits per heavy atom. The maximum absolute atomic E-state index is 13.2. The molecule has 156 valence electrons. The van der Waals surface area contributed by atoms with E-state index in [1.807, 2.05) is 41.3 Å². The molecule has 1 atom stereocenters. The lowest BCUT2D eigenvalue weighted by molar-refractivity contribution is -0.134. The molecule has 6 heteroatoms. The molecule has 0 heterocycles. The number of methoxy groups -OCH3 is 3. The van der Waals surface area contributed by atoms with Gasteiger partial charge in [-0.15, -0.1) is 0 Å². The highest BCUT2D eigenvalue weighted by atomic mass is 35.5. The van der Waals surface area contributed by atoms with Gasteiger partial charge < -0.3 is 19.1 Å². The molecule has 0 spiro atoms. The Balaban J connectivity index is 1.75. The minimum Gasteiger partial charge on any atom is -0.493 e. The van der Waals surface area contributed by atoms with Crippen molar-refractivity contribution in [1.82, 2.24) is 4.90 Å². The molecule has 0 aromatic heterocycles. The van der Waals surface area contributed by atoms with E-state index in [4.69, 9.17) is 25.8 Å². The average Bonchev–Trinajstić information content (AvgIpc) is 3.56. The first-order chi connectivity index (χ1) is 14.0. The van der Waals surface area contributed by atoms with Gasteiger partial charge in [0.1, 0.15) is 0 Å². The van der Waals surface area contributed by atoms with E-state index in [0.29, 0.717) is 41.2 Å². The number of hydrogen-bond acceptors (Lipinski definition) is 4. The van der Waals surface area contributed by atoms with Gasteiger partial charge in [-0.05, 0) is 55.5 Å². The average molecular weight is 418 g/mol. The largest absolute Gasteiger partial charge is 0.493 e. The zero-order valence-corrected chi connectivity index (χ0v) is 18.2. The van der Waals surface area contributed by atoms with Crippen LogP contribution in [0.4, 0.5) is 0 Å². The quantitative estimate of drug-likeness (QED) is 0.572. The fourth-order valence-electron chi connectivity index (χ4n) is 3.72. The van der Waals surface area contributed by atoms with Crippen molar-refractivity contribution in [2.45, 2.75) is 44.7 Å². The lowest BCUT2D eigenvalue weighted by Crippen LogP contribution is -2.35. The van der Waals surface area contributed by atoms with Crippen molar-refractivity contribution in [3.63, 3.8) is 0 Å². The normalized spacial score (nSPS) is 14.2. The summed E-state index contributed by atoms with van der Waals surface area (Å²) in [4.78, 5) is 15.2. The third kappa shape index (κ3) is 4.78. The summed E-state index contributed by atoms with van der Waals surface area (Å²) in [6, 6.07) is 11.8. The van der Waals surface area contributed by atoms with Crippen molar-refractivity contribution >= 4 is 17.5 Å². The van der Waals surface area contributed by atoms with Crippen molar-refractivity contribution in [3.8, 4) is 17.2 Å². The van der Waals surface area contributed by atoms with Gasteiger partial charge in [0.15, 0.2) is 11.5 Å². The number of benzene rings is 2. The molecule has 2 aromatic rings. The molecular weight excluding hydrogens is 390 g/mol. The number of amides is 1. The standard InChI is InChI=1S/C23H28ClNO4/c1-15(16-5-9-18(24)10-6-16)25(19-11-12-19)21(26)14-8-17-7-13-20(27-2)23(29-4)22(17)28-3/h5-7,9-10,13,15,19H,8,11-12,14H2,1-4H3. The van der Waals surface area contributed by atoms with Crippen LogP contribution in [0.5, 0.6) is 17.2 Å². The van der Waals surface area contributed by atoms with E-state index in [0.717, 1.165) is 24.0 Å². The van der Waals surface area contributed by atoms with Crippen LogP contribution in [0.3, 0.4) is 0 Å². The Labute approximate surface area is 177 Å². The van der Waals surface area contributed by atoms with Gasteiger partial charge in [-0.25, -0.2) is 0 Å². The van der Waals surface area contributed by atoms with E-state index in [1.54, 1.807) is 21.3 Å². The minimum absolute atomic E-state index is 0.0135. The van der Waals surface area contributed by atoms with Crippen LogP contribution in [0.15, 0.2) is 36.4 Å². The molecule has 5 nitrogen and oxygen atoms in total. The summed E-state index contributed by atoms with van der Waals surface area (Å²) in [5, 5.41) is 0.700. The second kappa shape index (κ2) is 9.40. The fraction of sp³-hybridized carbons (Fsp3) is 0.435. The second-order valence-corrected chi connectivity index (χ2v) is 7.69. The molecule has 1 aliphatic rings. The third-order valence-electron chi connectivity index (χ3n) is 5.39. The summed E-state index contributed by atoms with van der Waals surface area (Å²) < 4.78 is 16.3. The minimum atomic E-state index is 0.0135. The number of rotatable bonds is 9. The summed E-state index contributed by atoms with van der Waals surface area (Å²) in [6.45, 7) is 2.08. The molecule has 1 unspecified atom stereocenters. The van der Waals surface area contributed by atoms with E-state index < -0.39 is 0 Å². The zero-order chi connectivity index (χ0) is 21.0. The van der Waals surface area contributed by atoms with Crippen LogP contribution in [0.1, 0.15) is 43.4 Å². The highest BCUT2D eigenvalue weighted by molar-refractivity contribution is 6.30. The fourth-order valence-corrected chi connectivity index (χ4v) is 3.85. The Hall–Kier alpha value is -2.40. The lowest BCUT2D eigenvalue weighted by atomic mass is 10.0. The molecule has 0 N–H and O–H groups in total. The first-order valence-electron chi connectivity index (χ1n) is 9.84. The van der Waals surface area contributed by atoms with Crippen LogP contribution < -0.4 is 14.2 Å². The van der Waals surface area contributed by atoms with Crippen molar-refractivity contribution in [2.75, 3.05) is 21.3 Å². The Morgan fingerprint density at radius 1 is 1.03 bits per heavy atom. The Bertz CT molecular complexity index is 849. The van der Waals surface area contributed by atoms with Crippen molar-refractivity contribution in [1.29, 1.82) is 0 Å². The van der Waals surface area contributed by atoms with Crippen LogP contribution in [0.25, 0.3) is 0 Å². The number of hydrogen-bond donors (Lipinski definition) is 0. The molecule has 29 heavy (non-hydrogen) atoms. The van der Waals surface area contributed by atoms with Crippen LogP contribution in [0.2, 0.25) is 5.02 Å². The number of aryl methyl sites for hydroxylation is 1. The Kier molecular flexibility index (Phi) is 6.91. The van der Waals surface area contributed by atoms with E-state index in [9.17, 15) is 4.79 Å². The van der Waals surface area contributed by atoms with Gasteiger partial charge in [-0.3, -0.25) is 4.79 Å². The summed E-state index contributed by atoms with van der Waals surface area (Å²) >= 11 is 6.01. The molecule has 1 aliphatic carbocycles. The third-order valence-corrected chi connectivity index (χ3v) is 5.64. The molecule has 1 saturated carbocycles. The lowest BCUT2D eigenvalue weighted by Gasteiger charge is -2.30. The molecule has 3 rings (SSSR count). The smallest absolute Gasteiger partial charge is 0.223 e. The number of nitrogens with zero attached hydrogens (tertiary/aromatic N) is 1. The molecule has 2 aromatic carbocycles. The van der Waals surface area contributed by atoms with E-state index in [-0.39, 0.29) is 11.9 Å². The monoisotopic (exact) mass is 417 g/mol. The summed E-state index contributed by atoms with van der Waals surface area (Å²) in [7, 11) is 4.77. The highest BCUT2D eigenvalue weighted by Gasteiger charge is 2.36. The summed E-state index contributed by atoms with van der Waals surface area (Å²) in [6.07, 6.45) is 3.09.